The summed E-state index contributed by atoms with van der Waals surface area (Å²) in [5.41, 5.74) is 6.18. The van der Waals surface area contributed by atoms with Crippen LogP contribution in [0.1, 0.15) is 11.7 Å². The van der Waals surface area contributed by atoms with E-state index in [1.54, 1.807) is 12.1 Å². The zero-order valence-corrected chi connectivity index (χ0v) is 6.72. The highest BCUT2D eigenvalue weighted by Gasteiger charge is 2.14. The molecule has 1 unspecified atom stereocenters. The minimum atomic E-state index is -0.781. The lowest BCUT2D eigenvalue weighted by atomic mass is 10.0. The lowest BCUT2D eigenvalue weighted by molar-refractivity contribution is 0.109. The van der Waals surface area contributed by atoms with Crippen molar-refractivity contribution >= 4 is 0 Å². The molecule has 0 aliphatic carbocycles. The first kappa shape index (κ1) is 9.19. The van der Waals surface area contributed by atoms with E-state index in [0.717, 1.165) is 5.56 Å². The fourth-order valence-electron chi connectivity index (χ4n) is 0.997. The molecule has 1 aromatic carbocycles. The predicted molar refractivity (Wildman–Crippen MR) is 46.5 cm³/mol. The van der Waals surface area contributed by atoms with Gasteiger partial charge in [-0.15, -0.1) is 0 Å². The first-order valence-electron chi connectivity index (χ1n) is 3.85. The van der Waals surface area contributed by atoms with Crippen LogP contribution in [0.3, 0.4) is 0 Å². The van der Waals surface area contributed by atoms with E-state index in [2.05, 4.69) is 0 Å². The van der Waals surface area contributed by atoms with Gasteiger partial charge >= 0.3 is 0 Å². The van der Waals surface area contributed by atoms with Gasteiger partial charge in [-0.1, -0.05) is 30.3 Å². The molecule has 0 radical (unpaired) electrons. The summed E-state index contributed by atoms with van der Waals surface area (Å²) in [5.74, 6) is 0. The van der Waals surface area contributed by atoms with Crippen LogP contribution in [0, 0.1) is 0 Å². The highest BCUT2D eigenvalue weighted by molar-refractivity contribution is 5.18. The Hall–Kier alpha value is -0.900. The van der Waals surface area contributed by atoms with Crippen molar-refractivity contribution in [2.24, 2.45) is 5.73 Å². The summed E-state index contributed by atoms with van der Waals surface area (Å²) in [6.45, 7) is -0.212. The molecule has 2 atom stereocenters. The third-order valence-electron chi connectivity index (χ3n) is 1.76. The van der Waals surface area contributed by atoms with Crippen LogP contribution in [0.5, 0.6) is 0 Å². The molecule has 66 valence electrons. The highest BCUT2D eigenvalue weighted by Crippen LogP contribution is 2.14. The van der Waals surface area contributed by atoms with Crippen molar-refractivity contribution in [3.05, 3.63) is 35.9 Å². The number of hydrogen-bond acceptors (Lipinski definition) is 3. The summed E-state index contributed by atoms with van der Waals surface area (Å²) >= 11 is 0. The quantitative estimate of drug-likeness (QED) is 0.595. The first-order chi connectivity index (χ1) is 5.75. The number of aliphatic hydroxyl groups is 2. The van der Waals surface area contributed by atoms with E-state index in [1.165, 1.54) is 0 Å². The van der Waals surface area contributed by atoms with Crippen LogP contribution < -0.4 is 5.73 Å². The van der Waals surface area contributed by atoms with E-state index in [-0.39, 0.29) is 6.61 Å². The molecule has 0 heterocycles. The second-order valence-corrected chi connectivity index (χ2v) is 2.70. The molecule has 0 saturated carbocycles. The summed E-state index contributed by atoms with van der Waals surface area (Å²) in [5, 5.41) is 18.2. The molecule has 12 heavy (non-hydrogen) atoms. The molecular formula is C9H13NO2. The zero-order chi connectivity index (χ0) is 8.97. The Labute approximate surface area is 71.5 Å². The van der Waals surface area contributed by atoms with Gasteiger partial charge < -0.3 is 15.9 Å². The molecule has 3 nitrogen and oxygen atoms in total. The van der Waals surface area contributed by atoms with Gasteiger partial charge in [-0.25, -0.2) is 0 Å². The van der Waals surface area contributed by atoms with Gasteiger partial charge in [-0.05, 0) is 5.56 Å². The summed E-state index contributed by atoms with van der Waals surface area (Å²) in [6, 6.07) is 8.46. The number of hydrogen-bond donors (Lipinski definition) is 3. The SMILES string of the molecule is N[C@@H](CO)C(O)c1ccccc1. The molecule has 0 saturated heterocycles. The minimum Gasteiger partial charge on any atom is -0.395 e. The van der Waals surface area contributed by atoms with E-state index in [4.69, 9.17) is 10.8 Å². The van der Waals surface area contributed by atoms with E-state index < -0.39 is 12.1 Å². The van der Waals surface area contributed by atoms with E-state index in [9.17, 15) is 5.11 Å². The molecule has 0 aliphatic heterocycles. The van der Waals surface area contributed by atoms with Gasteiger partial charge in [0.05, 0.1) is 18.8 Å². The van der Waals surface area contributed by atoms with Crippen molar-refractivity contribution in [1.29, 1.82) is 0 Å². The van der Waals surface area contributed by atoms with Crippen molar-refractivity contribution in [3.8, 4) is 0 Å². The Morgan fingerprint density at radius 2 is 1.83 bits per heavy atom. The number of nitrogens with two attached hydrogens (primary N) is 1. The van der Waals surface area contributed by atoms with Gasteiger partial charge in [0.15, 0.2) is 0 Å². The van der Waals surface area contributed by atoms with Crippen molar-refractivity contribution in [2.45, 2.75) is 12.1 Å². The molecule has 0 aliphatic rings. The maximum absolute atomic E-state index is 9.50. The van der Waals surface area contributed by atoms with Gasteiger partial charge in [0.2, 0.25) is 0 Å². The molecule has 0 fully saturated rings. The largest absolute Gasteiger partial charge is 0.395 e. The number of aliphatic hydroxyl groups excluding tert-OH is 2. The average Bonchev–Trinajstić information content (AvgIpc) is 2.17. The van der Waals surface area contributed by atoms with Gasteiger partial charge in [0, 0.05) is 0 Å². The van der Waals surface area contributed by atoms with Crippen LogP contribution in [-0.4, -0.2) is 22.9 Å². The van der Waals surface area contributed by atoms with Crippen molar-refractivity contribution in [1.82, 2.24) is 0 Å². The van der Waals surface area contributed by atoms with Crippen LogP contribution >= 0.6 is 0 Å². The number of rotatable bonds is 3. The van der Waals surface area contributed by atoms with Crippen LogP contribution in [0.15, 0.2) is 30.3 Å². The topological polar surface area (TPSA) is 66.5 Å². The molecule has 1 aromatic rings. The third kappa shape index (κ3) is 2.04. The van der Waals surface area contributed by atoms with Crippen LogP contribution in [0.25, 0.3) is 0 Å². The first-order valence-corrected chi connectivity index (χ1v) is 3.85. The predicted octanol–water partition coefficient (Wildman–Crippen LogP) is 0.0396. The number of benzene rings is 1. The zero-order valence-electron chi connectivity index (χ0n) is 6.72. The normalized spacial score (nSPS) is 15.6. The van der Waals surface area contributed by atoms with E-state index in [1.807, 2.05) is 18.2 Å². The van der Waals surface area contributed by atoms with Gasteiger partial charge in [-0.2, -0.15) is 0 Å². The average molecular weight is 167 g/mol. The molecule has 3 heteroatoms. The van der Waals surface area contributed by atoms with Crippen LogP contribution in [-0.2, 0) is 0 Å². The highest BCUT2D eigenvalue weighted by atomic mass is 16.3. The molecular weight excluding hydrogens is 154 g/mol. The Bertz CT molecular complexity index is 225. The maximum Gasteiger partial charge on any atom is 0.0963 e. The molecule has 0 aromatic heterocycles. The van der Waals surface area contributed by atoms with Crippen LogP contribution in [0.2, 0.25) is 0 Å². The van der Waals surface area contributed by atoms with Crippen molar-refractivity contribution in [3.63, 3.8) is 0 Å². The summed E-state index contributed by atoms with van der Waals surface area (Å²) < 4.78 is 0. The fraction of sp³-hybridized carbons (Fsp3) is 0.333. The van der Waals surface area contributed by atoms with Gasteiger partial charge in [0.25, 0.3) is 0 Å². The van der Waals surface area contributed by atoms with Gasteiger partial charge in [-0.3, -0.25) is 0 Å². The van der Waals surface area contributed by atoms with Gasteiger partial charge in [0.1, 0.15) is 0 Å². The molecule has 1 rings (SSSR count). The van der Waals surface area contributed by atoms with Crippen molar-refractivity contribution in [2.75, 3.05) is 6.61 Å². The van der Waals surface area contributed by atoms with Crippen LogP contribution in [0.4, 0.5) is 0 Å². The summed E-state index contributed by atoms with van der Waals surface area (Å²) in [4.78, 5) is 0. The second kappa shape index (κ2) is 4.21. The fourth-order valence-corrected chi connectivity index (χ4v) is 0.997. The second-order valence-electron chi connectivity index (χ2n) is 2.70. The molecule has 0 bridgehead atoms. The minimum absolute atomic E-state index is 0.212. The maximum atomic E-state index is 9.50. The van der Waals surface area contributed by atoms with E-state index in [0.29, 0.717) is 0 Å². The Kier molecular flexibility index (Phi) is 3.22. The Morgan fingerprint density at radius 3 is 2.33 bits per heavy atom. The Morgan fingerprint density at radius 1 is 1.25 bits per heavy atom. The third-order valence-corrected chi connectivity index (χ3v) is 1.76. The lowest BCUT2D eigenvalue weighted by Crippen LogP contribution is -2.31. The summed E-state index contributed by atoms with van der Waals surface area (Å²) in [6.07, 6.45) is -0.781. The molecule has 4 N–H and O–H groups in total. The molecule has 0 spiro atoms. The Balaban J connectivity index is 2.71. The van der Waals surface area contributed by atoms with Crippen molar-refractivity contribution < 1.29 is 10.2 Å². The standard InChI is InChI=1S/C9H13NO2/c10-8(6-11)9(12)7-4-2-1-3-5-7/h1-5,8-9,11-12H,6,10H2/t8-,9?/m0/s1. The monoisotopic (exact) mass is 167 g/mol. The summed E-state index contributed by atoms with van der Waals surface area (Å²) in [7, 11) is 0. The smallest absolute Gasteiger partial charge is 0.0963 e. The molecule has 0 amide bonds. The van der Waals surface area contributed by atoms with E-state index >= 15 is 0 Å². The lowest BCUT2D eigenvalue weighted by Gasteiger charge is -2.16.